The van der Waals surface area contributed by atoms with Gasteiger partial charge in [-0.25, -0.2) is 0 Å². The highest BCUT2D eigenvalue weighted by atomic mass is 35.5. The Kier molecular flexibility index (Phi) is 1.10. The number of epoxide rings is 1. The molecule has 0 radical (unpaired) electrons. The van der Waals surface area contributed by atoms with E-state index in [1.807, 2.05) is 0 Å². The molecular formula is C6H8Cl2O. The first-order valence-electron chi connectivity index (χ1n) is 3.24. The van der Waals surface area contributed by atoms with Gasteiger partial charge in [0.25, 0.3) is 0 Å². The lowest BCUT2D eigenvalue weighted by atomic mass is 10.00. The van der Waals surface area contributed by atoms with Gasteiger partial charge in [0.1, 0.15) is 0 Å². The van der Waals surface area contributed by atoms with Crippen molar-refractivity contribution in [3.05, 3.63) is 0 Å². The van der Waals surface area contributed by atoms with Crippen LogP contribution in [0.3, 0.4) is 0 Å². The molecule has 3 heteroatoms. The number of hydrogen-bond acceptors (Lipinski definition) is 1. The van der Waals surface area contributed by atoms with Gasteiger partial charge in [0.05, 0.1) is 0 Å². The summed E-state index contributed by atoms with van der Waals surface area (Å²) in [4.78, 5) is 0. The molecule has 0 amide bonds. The zero-order valence-corrected chi connectivity index (χ0v) is 6.50. The van der Waals surface area contributed by atoms with Gasteiger partial charge in [-0.2, -0.15) is 0 Å². The van der Waals surface area contributed by atoms with E-state index in [9.17, 15) is 0 Å². The van der Waals surface area contributed by atoms with E-state index in [1.54, 1.807) is 0 Å². The first kappa shape index (κ1) is 6.26. The van der Waals surface area contributed by atoms with Crippen LogP contribution in [0.15, 0.2) is 0 Å². The minimum atomic E-state index is -0.479. The van der Waals surface area contributed by atoms with E-state index in [2.05, 4.69) is 0 Å². The average molecular weight is 167 g/mol. The van der Waals surface area contributed by atoms with Crippen molar-refractivity contribution in [1.29, 1.82) is 0 Å². The lowest BCUT2D eigenvalue weighted by Gasteiger charge is -2.13. The number of ether oxygens (including phenoxy) is 1. The van der Waals surface area contributed by atoms with Gasteiger partial charge in [-0.1, -0.05) is 23.2 Å². The molecule has 0 bridgehead atoms. The van der Waals surface area contributed by atoms with E-state index >= 15 is 0 Å². The minimum absolute atomic E-state index is 0.479. The summed E-state index contributed by atoms with van der Waals surface area (Å²) in [5.74, 6) is 0. The number of halogens is 2. The van der Waals surface area contributed by atoms with Crippen molar-refractivity contribution in [2.75, 3.05) is 0 Å². The van der Waals surface area contributed by atoms with Crippen LogP contribution in [0.4, 0.5) is 0 Å². The maximum atomic E-state index is 5.93. The molecule has 1 saturated carbocycles. The molecule has 0 spiro atoms. The topological polar surface area (TPSA) is 12.5 Å². The van der Waals surface area contributed by atoms with Crippen molar-refractivity contribution in [3.8, 4) is 0 Å². The van der Waals surface area contributed by atoms with E-state index in [0.29, 0.717) is 0 Å². The van der Waals surface area contributed by atoms with Crippen LogP contribution < -0.4 is 0 Å². The van der Waals surface area contributed by atoms with Crippen LogP contribution in [0.2, 0.25) is 0 Å². The maximum Gasteiger partial charge on any atom is 0.186 e. The van der Waals surface area contributed by atoms with Crippen LogP contribution in [0.25, 0.3) is 0 Å². The second-order valence-corrected chi connectivity index (χ2v) is 3.99. The van der Waals surface area contributed by atoms with Gasteiger partial charge in [-0.05, 0) is 25.7 Å². The molecule has 0 N–H and O–H groups in total. The SMILES string of the molecule is ClC12CCCCC1(Cl)O2. The van der Waals surface area contributed by atoms with Crippen molar-refractivity contribution >= 4 is 23.2 Å². The van der Waals surface area contributed by atoms with Gasteiger partial charge in [-0.15, -0.1) is 0 Å². The third-order valence-electron chi connectivity index (χ3n) is 2.09. The van der Waals surface area contributed by atoms with Gasteiger partial charge in [-0.3, -0.25) is 0 Å². The summed E-state index contributed by atoms with van der Waals surface area (Å²) in [6.45, 7) is 0. The highest BCUT2D eigenvalue weighted by Gasteiger charge is 2.69. The van der Waals surface area contributed by atoms with Crippen molar-refractivity contribution < 1.29 is 4.74 Å². The molecule has 9 heavy (non-hydrogen) atoms. The second-order valence-electron chi connectivity index (χ2n) is 2.77. The van der Waals surface area contributed by atoms with Crippen molar-refractivity contribution in [2.24, 2.45) is 0 Å². The van der Waals surface area contributed by atoms with Crippen LogP contribution >= 0.6 is 23.2 Å². The molecule has 1 nitrogen and oxygen atoms in total. The molecule has 1 heterocycles. The highest BCUT2D eigenvalue weighted by molar-refractivity contribution is 6.36. The Morgan fingerprint density at radius 3 is 1.78 bits per heavy atom. The summed E-state index contributed by atoms with van der Waals surface area (Å²) in [6, 6.07) is 0. The van der Waals surface area contributed by atoms with Gasteiger partial charge in [0.2, 0.25) is 0 Å². The lowest BCUT2D eigenvalue weighted by molar-refractivity contribution is 0.337. The number of alkyl halides is 2. The van der Waals surface area contributed by atoms with Crippen LogP contribution in [-0.2, 0) is 4.74 Å². The normalized spacial score (nSPS) is 56.7. The zero-order valence-electron chi connectivity index (χ0n) is 4.99. The quantitative estimate of drug-likeness (QED) is 0.398. The van der Waals surface area contributed by atoms with Crippen molar-refractivity contribution in [3.63, 3.8) is 0 Å². The molecule has 52 valence electrons. The monoisotopic (exact) mass is 166 g/mol. The second kappa shape index (κ2) is 1.58. The Labute approximate surface area is 64.3 Å². The number of hydrogen-bond donors (Lipinski definition) is 0. The fourth-order valence-electron chi connectivity index (χ4n) is 1.41. The Morgan fingerprint density at radius 1 is 1.00 bits per heavy atom. The Morgan fingerprint density at radius 2 is 1.44 bits per heavy atom. The Hall–Kier alpha value is 0.540. The van der Waals surface area contributed by atoms with Crippen molar-refractivity contribution in [1.82, 2.24) is 0 Å². The van der Waals surface area contributed by atoms with Crippen LogP contribution in [0.5, 0.6) is 0 Å². The summed E-state index contributed by atoms with van der Waals surface area (Å²) in [6.07, 6.45) is 4.13. The fourth-order valence-corrected chi connectivity index (χ4v) is 2.17. The molecule has 0 aromatic carbocycles. The first-order chi connectivity index (χ1) is 4.16. The summed E-state index contributed by atoms with van der Waals surface area (Å²) in [5.41, 5.74) is 0. The molecule has 2 unspecified atom stereocenters. The van der Waals surface area contributed by atoms with E-state index in [0.717, 1.165) is 25.7 Å². The van der Waals surface area contributed by atoms with E-state index in [4.69, 9.17) is 27.9 Å². The summed E-state index contributed by atoms with van der Waals surface area (Å²) in [7, 11) is 0. The average Bonchev–Trinajstić information content (AvgIpc) is 2.33. The molecule has 2 aliphatic rings. The lowest BCUT2D eigenvalue weighted by Crippen LogP contribution is -2.19. The largest absolute Gasteiger partial charge is 0.329 e. The van der Waals surface area contributed by atoms with Gasteiger partial charge in [0.15, 0.2) is 10.1 Å². The number of rotatable bonds is 0. The molecule has 1 aliphatic heterocycles. The Bertz CT molecular complexity index is 126. The van der Waals surface area contributed by atoms with Gasteiger partial charge < -0.3 is 4.74 Å². The van der Waals surface area contributed by atoms with Crippen LogP contribution in [0.1, 0.15) is 25.7 Å². The summed E-state index contributed by atoms with van der Waals surface area (Å²) in [5, 5.41) is -0.959. The smallest absolute Gasteiger partial charge is 0.186 e. The standard InChI is InChI=1S/C6H8Cl2O/c7-5-3-1-2-4-6(5,8)9-5/h1-4H2. The first-order valence-corrected chi connectivity index (χ1v) is 4.00. The van der Waals surface area contributed by atoms with E-state index in [-0.39, 0.29) is 0 Å². The highest BCUT2D eigenvalue weighted by Crippen LogP contribution is 2.62. The molecular weight excluding hydrogens is 159 g/mol. The molecule has 2 atom stereocenters. The predicted octanol–water partition coefficient (Wildman–Crippen LogP) is 2.46. The summed E-state index contributed by atoms with van der Waals surface area (Å²) >= 11 is 11.9. The van der Waals surface area contributed by atoms with Crippen LogP contribution in [-0.4, -0.2) is 10.1 Å². The maximum absolute atomic E-state index is 5.93. The molecule has 1 saturated heterocycles. The molecule has 1 aliphatic carbocycles. The fraction of sp³-hybridized carbons (Fsp3) is 1.00. The van der Waals surface area contributed by atoms with Crippen molar-refractivity contribution in [2.45, 2.75) is 35.8 Å². The zero-order chi connectivity index (χ0) is 6.54. The van der Waals surface area contributed by atoms with Gasteiger partial charge in [0, 0.05) is 0 Å². The predicted molar refractivity (Wildman–Crippen MR) is 36.7 cm³/mol. The van der Waals surface area contributed by atoms with E-state index < -0.39 is 10.1 Å². The molecule has 0 aromatic heterocycles. The molecule has 0 aromatic rings. The van der Waals surface area contributed by atoms with Crippen LogP contribution in [0, 0.1) is 0 Å². The molecule has 2 fully saturated rings. The van der Waals surface area contributed by atoms with Gasteiger partial charge >= 0.3 is 0 Å². The Balaban J connectivity index is 2.15. The minimum Gasteiger partial charge on any atom is -0.329 e. The third kappa shape index (κ3) is 0.719. The third-order valence-corrected chi connectivity index (χ3v) is 3.33. The number of fused-ring (bicyclic) bond motifs is 1. The molecule has 2 rings (SSSR count). The summed E-state index contributed by atoms with van der Waals surface area (Å²) < 4.78 is 5.18. The van der Waals surface area contributed by atoms with E-state index in [1.165, 1.54) is 0 Å².